The minimum atomic E-state index is -4.90. The molecule has 3 rings (SSSR count). The Morgan fingerprint density at radius 1 is 0.944 bits per heavy atom. The maximum absolute atomic E-state index is 13.4. The number of hydrogen-bond acceptors (Lipinski definition) is 5. The van der Waals surface area contributed by atoms with E-state index in [4.69, 9.17) is 5.73 Å². The van der Waals surface area contributed by atoms with Gasteiger partial charge in [0.1, 0.15) is 17.5 Å². The smallest absolute Gasteiger partial charge is 0.380 e. The molecule has 3 aromatic rings. The second kappa shape index (κ2) is 11.5. The number of halogens is 5. The Labute approximate surface area is 202 Å². The minimum Gasteiger partial charge on any atom is -0.380 e. The summed E-state index contributed by atoms with van der Waals surface area (Å²) in [6.07, 6.45) is -2.85. The SMILES string of the molecule is NC(=O)c1cnc(Nc2ccc(CCCNC(=O)C(F)(F)F)cc2)cc1NCc1cc(F)cc(F)c1. The van der Waals surface area contributed by atoms with Crippen LogP contribution < -0.4 is 21.7 Å². The highest BCUT2D eigenvalue weighted by Crippen LogP contribution is 2.23. The van der Waals surface area contributed by atoms with E-state index in [1.807, 2.05) is 5.32 Å². The highest BCUT2D eigenvalue weighted by Gasteiger charge is 2.38. The Bertz CT molecular complexity index is 1210. The molecule has 0 atom stereocenters. The van der Waals surface area contributed by atoms with Crippen LogP contribution in [-0.2, 0) is 17.8 Å². The zero-order chi connectivity index (χ0) is 26.3. The number of anilines is 3. The van der Waals surface area contributed by atoms with Gasteiger partial charge >= 0.3 is 12.1 Å². The monoisotopic (exact) mass is 507 g/mol. The summed E-state index contributed by atoms with van der Waals surface area (Å²) in [6.45, 7) is -0.0803. The van der Waals surface area contributed by atoms with Gasteiger partial charge in [0, 0.05) is 37.1 Å². The number of carbonyl (C=O) groups excluding carboxylic acids is 2. The van der Waals surface area contributed by atoms with Crippen LogP contribution in [0.4, 0.5) is 39.1 Å². The van der Waals surface area contributed by atoms with Crippen molar-refractivity contribution in [3.63, 3.8) is 0 Å². The molecule has 0 bridgehead atoms. The van der Waals surface area contributed by atoms with Gasteiger partial charge in [-0.15, -0.1) is 0 Å². The van der Waals surface area contributed by atoms with Gasteiger partial charge in [0.2, 0.25) is 0 Å². The number of primary amides is 1. The van der Waals surface area contributed by atoms with Crippen molar-refractivity contribution in [2.24, 2.45) is 5.73 Å². The third-order valence-electron chi connectivity index (χ3n) is 4.99. The molecule has 0 aliphatic rings. The van der Waals surface area contributed by atoms with Crippen LogP contribution in [0.25, 0.3) is 0 Å². The van der Waals surface area contributed by atoms with Gasteiger partial charge in [0.25, 0.3) is 5.91 Å². The van der Waals surface area contributed by atoms with Gasteiger partial charge in [-0.1, -0.05) is 12.1 Å². The van der Waals surface area contributed by atoms with E-state index in [0.29, 0.717) is 35.6 Å². The van der Waals surface area contributed by atoms with Crippen molar-refractivity contribution in [3.8, 4) is 0 Å². The van der Waals surface area contributed by atoms with Gasteiger partial charge in [-0.05, 0) is 48.2 Å². The number of benzene rings is 2. The summed E-state index contributed by atoms with van der Waals surface area (Å²) in [5, 5.41) is 7.80. The number of alkyl halides is 3. The van der Waals surface area contributed by atoms with E-state index in [-0.39, 0.29) is 18.7 Å². The first-order valence-corrected chi connectivity index (χ1v) is 10.7. The first-order chi connectivity index (χ1) is 17.0. The van der Waals surface area contributed by atoms with Crippen molar-refractivity contribution >= 4 is 29.0 Å². The third-order valence-corrected chi connectivity index (χ3v) is 4.99. The fourth-order valence-electron chi connectivity index (χ4n) is 3.27. The van der Waals surface area contributed by atoms with Crippen molar-refractivity contribution in [2.45, 2.75) is 25.6 Å². The highest BCUT2D eigenvalue weighted by atomic mass is 19.4. The van der Waals surface area contributed by atoms with E-state index < -0.39 is 29.6 Å². The Kier molecular flexibility index (Phi) is 8.41. The normalized spacial score (nSPS) is 11.1. The number of carbonyl (C=O) groups is 2. The van der Waals surface area contributed by atoms with Crippen molar-refractivity contribution in [2.75, 3.05) is 17.2 Å². The molecule has 0 saturated carbocycles. The molecule has 5 N–H and O–H groups in total. The van der Waals surface area contributed by atoms with Crippen LogP contribution >= 0.6 is 0 Å². The van der Waals surface area contributed by atoms with Crippen molar-refractivity contribution in [3.05, 3.63) is 83.1 Å². The van der Waals surface area contributed by atoms with Gasteiger partial charge in [0.05, 0.1) is 11.3 Å². The first-order valence-electron chi connectivity index (χ1n) is 10.7. The lowest BCUT2D eigenvalue weighted by molar-refractivity contribution is -0.173. The number of nitrogens with one attached hydrogen (secondary N) is 3. The molecule has 12 heteroatoms. The average Bonchev–Trinajstić information content (AvgIpc) is 2.80. The second-order valence-corrected chi connectivity index (χ2v) is 7.79. The Hall–Kier alpha value is -4.22. The zero-order valence-electron chi connectivity index (χ0n) is 18.8. The molecule has 0 spiro atoms. The number of rotatable bonds is 10. The van der Waals surface area contributed by atoms with Crippen LogP contribution in [0.5, 0.6) is 0 Å². The van der Waals surface area contributed by atoms with Crippen LogP contribution in [0.2, 0.25) is 0 Å². The predicted molar refractivity (Wildman–Crippen MR) is 124 cm³/mol. The highest BCUT2D eigenvalue weighted by molar-refractivity contribution is 5.98. The number of aryl methyl sites for hydroxylation is 1. The van der Waals surface area contributed by atoms with Crippen molar-refractivity contribution in [1.29, 1.82) is 0 Å². The zero-order valence-corrected chi connectivity index (χ0v) is 18.8. The molecule has 2 aromatic carbocycles. The summed E-state index contributed by atoms with van der Waals surface area (Å²) in [7, 11) is 0. The average molecular weight is 507 g/mol. The number of amides is 2. The molecule has 0 unspecified atom stereocenters. The quantitative estimate of drug-likeness (QED) is 0.240. The summed E-state index contributed by atoms with van der Waals surface area (Å²) >= 11 is 0. The molecule has 0 radical (unpaired) electrons. The Morgan fingerprint density at radius 2 is 1.61 bits per heavy atom. The lowest BCUT2D eigenvalue weighted by atomic mass is 10.1. The Balaban J connectivity index is 1.61. The minimum absolute atomic E-state index is 0.0243. The lowest BCUT2D eigenvalue weighted by Gasteiger charge is -2.13. The molecule has 1 heterocycles. The molecule has 190 valence electrons. The summed E-state index contributed by atoms with van der Waals surface area (Å²) in [5.74, 6) is -3.80. The number of nitrogens with zero attached hydrogens (tertiary/aromatic N) is 1. The molecule has 7 nitrogen and oxygen atoms in total. The number of aromatic nitrogens is 1. The molecule has 0 aliphatic carbocycles. The predicted octanol–water partition coefficient (Wildman–Crippen LogP) is 4.43. The van der Waals surface area contributed by atoms with Crippen LogP contribution in [0.1, 0.15) is 27.9 Å². The molecule has 1 aromatic heterocycles. The van der Waals surface area contributed by atoms with Crippen LogP contribution in [0.3, 0.4) is 0 Å². The number of pyridine rings is 1. The maximum Gasteiger partial charge on any atom is 0.471 e. The summed E-state index contributed by atoms with van der Waals surface area (Å²) < 4.78 is 63.4. The van der Waals surface area contributed by atoms with E-state index in [0.717, 1.165) is 23.8 Å². The van der Waals surface area contributed by atoms with Crippen LogP contribution in [0.15, 0.2) is 54.7 Å². The molecule has 2 amide bonds. The van der Waals surface area contributed by atoms with E-state index in [2.05, 4.69) is 15.6 Å². The summed E-state index contributed by atoms with van der Waals surface area (Å²) in [5.41, 5.74) is 7.61. The lowest BCUT2D eigenvalue weighted by Crippen LogP contribution is -2.37. The van der Waals surface area contributed by atoms with Gasteiger partial charge in [-0.2, -0.15) is 13.2 Å². The molecular formula is C24H22F5N5O2. The third kappa shape index (κ3) is 7.65. The topological polar surface area (TPSA) is 109 Å². The summed E-state index contributed by atoms with van der Waals surface area (Å²) in [6, 6.07) is 11.6. The standard InChI is InChI=1S/C24H22F5N5O2/c25-16-8-15(9-17(26)10-16)12-32-20-11-21(33-13-19(20)22(30)35)34-18-5-3-14(4-6-18)2-1-7-31-23(36)24(27,28)29/h3-6,8-11,13H,1-2,7,12H2,(H2,30,35)(H,31,36)(H2,32,33,34). The van der Waals surface area contributed by atoms with E-state index in [1.165, 1.54) is 12.3 Å². The molecule has 0 saturated heterocycles. The maximum atomic E-state index is 13.4. The Morgan fingerprint density at radius 3 is 2.22 bits per heavy atom. The largest absolute Gasteiger partial charge is 0.471 e. The number of hydrogen-bond donors (Lipinski definition) is 4. The van der Waals surface area contributed by atoms with E-state index >= 15 is 0 Å². The van der Waals surface area contributed by atoms with Crippen molar-refractivity contribution in [1.82, 2.24) is 10.3 Å². The fourth-order valence-corrected chi connectivity index (χ4v) is 3.27. The van der Waals surface area contributed by atoms with E-state index in [1.54, 1.807) is 24.3 Å². The van der Waals surface area contributed by atoms with Gasteiger partial charge in [-0.25, -0.2) is 13.8 Å². The first kappa shape index (κ1) is 26.4. The number of nitrogens with two attached hydrogens (primary N) is 1. The molecular weight excluding hydrogens is 485 g/mol. The van der Waals surface area contributed by atoms with Gasteiger partial charge in [-0.3, -0.25) is 9.59 Å². The van der Waals surface area contributed by atoms with Crippen molar-refractivity contribution < 1.29 is 31.5 Å². The molecule has 0 aliphatic heterocycles. The molecule has 0 fully saturated rings. The van der Waals surface area contributed by atoms with Gasteiger partial charge in [0.15, 0.2) is 0 Å². The van der Waals surface area contributed by atoms with E-state index in [9.17, 15) is 31.5 Å². The van der Waals surface area contributed by atoms with Crippen LogP contribution in [-0.4, -0.2) is 29.5 Å². The van der Waals surface area contributed by atoms with Crippen LogP contribution in [0, 0.1) is 11.6 Å². The molecule has 36 heavy (non-hydrogen) atoms. The second-order valence-electron chi connectivity index (χ2n) is 7.79. The fraction of sp³-hybridized carbons (Fsp3) is 0.208. The van der Waals surface area contributed by atoms with Gasteiger partial charge < -0.3 is 21.7 Å². The summed E-state index contributed by atoms with van der Waals surface area (Å²) in [4.78, 5) is 26.7.